The number of halogens is 1. The van der Waals surface area contributed by atoms with E-state index in [0.29, 0.717) is 0 Å². The summed E-state index contributed by atoms with van der Waals surface area (Å²) in [4.78, 5) is 1.99. The molecule has 1 heterocycles. The van der Waals surface area contributed by atoms with Crippen molar-refractivity contribution in [2.75, 3.05) is 11.5 Å². The zero-order valence-corrected chi connectivity index (χ0v) is 7.75. The van der Waals surface area contributed by atoms with Gasteiger partial charge in [0.05, 0.1) is 0 Å². The van der Waals surface area contributed by atoms with Gasteiger partial charge in [-0.2, -0.15) is 11.8 Å². The van der Waals surface area contributed by atoms with Crippen molar-refractivity contribution in [2.24, 2.45) is 5.92 Å². The first-order valence-electron chi connectivity index (χ1n) is 3.28. The maximum Gasteiger partial charge on any atom is -0.00619 e. The van der Waals surface area contributed by atoms with Crippen molar-refractivity contribution in [2.45, 2.75) is 12.8 Å². The van der Waals surface area contributed by atoms with Gasteiger partial charge in [0.25, 0.3) is 0 Å². The summed E-state index contributed by atoms with van der Waals surface area (Å²) >= 11 is 5.37. The maximum atomic E-state index is 3.30. The van der Waals surface area contributed by atoms with Gasteiger partial charge in [0.15, 0.2) is 0 Å². The van der Waals surface area contributed by atoms with Crippen LogP contribution in [-0.4, -0.2) is 11.5 Å². The second kappa shape index (κ2) is 4.40. The first kappa shape index (κ1) is 7.67. The topological polar surface area (TPSA) is 0 Å². The van der Waals surface area contributed by atoms with Crippen molar-refractivity contribution < 1.29 is 0 Å². The van der Waals surface area contributed by atoms with Crippen LogP contribution >= 0.6 is 27.7 Å². The molecule has 1 aliphatic rings. The molecule has 0 bridgehead atoms. The van der Waals surface area contributed by atoms with Gasteiger partial charge in [-0.05, 0) is 35.3 Å². The quantitative estimate of drug-likeness (QED) is 0.636. The lowest BCUT2D eigenvalue weighted by Crippen LogP contribution is -2.05. The van der Waals surface area contributed by atoms with Crippen molar-refractivity contribution in [1.29, 1.82) is 0 Å². The van der Waals surface area contributed by atoms with E-state index in [0.717, 1.165) is 5.92 Å². The number of hydrogen-bond donors (Lipinski definition) is 0. The summed E-state index contributed by atoms with van der Waals surface area (Å²) in [5.41, 5.74) is 0. The van der Waals surface area contributed by atoms with Crippen LogP contribution in [0, 0.1) is 5.92 Å². The lowest BCUT2D eigenvalue weighted by atomic mass is 10.0. The molecule has 0 amide bonds. The average molecular weight is 207 g/mol. The molecule has 9 heavy (non-hydrogen) atoms. The van der Waals surface area contributed by atoms with E-state index in [2.05, 4.69) is 33.8 Å². The molecule has 0 nitrogen and oxygen atoms in total. The average Bonchev–Trinajstić information content (AvgIpc) is 1.91. The minimum absolute atomic E-state index is 0.852. The third-order valence-corrected chi connectivity index (χ3v) is 2.96. The molecule has 0 aliphatic carbocycles. The number of thioether (sulfide) groups is 1. The van der Waals surface area contributed by atoms with Gasteiger partial charge in [-0.25, -0.2) is 0 Å². The smallest absolute Gasteiger partial charge is 0.00619 e. The molecule has 0 N–H and O–H groups in total. The number of hydrogen-bond acceptors (Lipinski definition) is 1. The fraction of sp³-hybridized carbons (Fsp3) is 0.714. The van der Waals surface area contributed by atoms with Crippen LogP contribution in [-0.2, 0) is 0 Å². The molecule has 0 aromatic carbocycles. The SMILES string of the molecule is Br/C=C/C1CCSCC1. The number of rotatable bonds is 1. The molecule has 0 atom stereocenters. The molecule has 1 fully saturated rings. The first-order chi connectivity index (χ1) is 4.43. The normalized spacial score (nSPS) is 23.2. The molecule has 0 aromatic rings. The second-order valence-corrected chi connectivity index (χ2v) is 4.02. The first-order valence-corrected chi connectivity index (χ1v) is 5.35. The Morgan fingerprint density at radius 1 is 1.33 bits per heavy atom. The van der Waals surface area contributed by atoms with Crippen LogP contribution < -0.4 is 0 Å². The Kier molecular flexibility index (Phi) is 3.75. The summed E-state index contributed by atoms with van der Waals surface area (Å²) in [5.74, 6) is 3.55. The van der Waals surface area contributed by atoms with E-state index < -0.39 is 0 Å². The molecule has 0 saturated carbocycles. The molecule has 0 aromatic heterocycles. The van der Waals surface area contributed by atoms with Gasteiger partial charge in [-0.3, -0.25) is 0 Å². The maximum absolute atomic E-state index is 3.30. The molecular weight excluding hydrogens is 196 g/mol. The van der Waals surface area contributed by atoms with Crippen LogP contribution in [0.1, 0.15) is 12.8 Å². The summed E-state index contributed by atoms with van der Waals surface area (Å²) < 4.78 is 0. The Morgan fingerprint density at radius 2 is 2.00 bits per heavy atom. The fourth-order valence-corrected chi connectivity index (χ4v) is 2.59. The highest BCUT2D eigenvalue weighted by molar-refractivity contribution is 9.11. The number of allylic oxidation sites excluding steroid dienone is 1. The Balaban J connectivity index is 2.23. The predicted octanol–water partition coefficient (Wildman–Crippen LogP) is 3.04. The van der Waals surface area contributed by atoms with Crippen LogP contribution in [0.25, 0.3) is 0 Å². The van der Waals surface area contributed by atoms with Crippen LogP contribution in [0.4, 0.5) is 0 Å². The predicted molar refractivity (Wildman–Crippen MR) is 48.1 cm³/mol. The fourth-order valence-electron chi connectivity index (χ4n) is 1.01. The molecular formula is C7H11BrS. The third kappa shape index (κ3) is 2.76. The third-order valence-electron chi connectivity index (χ3n) is 1.61. The molecule has 1 aliphatic heterocycles. The Hall–Kier alpha value is 0.570. The second-order valence-electron chi connectivity index (χ2n) is 2.27. The van der Waals surface area contributed by atoms with E-state index in [1.807, 2.05) is 4.99 Å². The van der Waals surface area contributed by atoms with Crippen LogP contribution in [0.15, 0.2) is 11.1 Å². The Morgan fingerprint density at radius 3 is 2.56 bits per heavy atom. The zero-order chi connectivity index (χ0) is 6.53. The van der Waals surface area contributed by atoms with E-state index in [9.17, 15) is 0 Å². The molecule has 1 saturated heterocycles. The molecule has 1 rings (SSSR count). The van der Waals surface area contributed by atoms with E-state index >= 15 is 0 Å². The summed E-state index contributed by atoms with van der Waals surface area (Å²) in [6.07, 6.45) is 5.00. The summed E-state index contributed by atoms with van der Waals surface area (Å²) in [6.45, 7) is 0. The van der Waals surface area contributed by atoms with Crippen molar-refractivity contribution in [3.05, 3.63) is 11.1 Å². The van der Waals surface area contributed by atoms with E-state index in [1.165, 1.54) is 24.3 Å². The highest BCUT2D eigenvalue weighted by Gasteiger charge is 2.08. The molecule has 2 heteroatoms. The minimum atomic E-state index is 0.852. The van der Waals surface area contributed by atoms with Gasteiger partial charge in [0, 0.05) is 0 Å². The summed E-state index contributed by atoms with van der Waals surface area (Å²) in [7, 11) is 0. The van der Waals surface area contributed by atoms with Crippen molar-refractivity contribution in [3.8, 4) is 0 Å². The van der Waals surface area contributed by atoms with Gasteiger partial charge in [0.2, 0.25) is 0 Å². The molecule has 0 spiro atoms. The minimum Gasteiger partial charge on any atom is -0.162 e. The van der Waals surface area contributed by atoms with E-state index in [-0.39, 0.29) is 0 Å². The van der Waals surface area contributed by atoms with E-state index in [4.69, 9.17) is 0 Å². The van der Waals surface area contributed by atoms with Crippen molar-refractivity contribution >= 4 is 27.7 Å². The highest BCUT2D eigenvalue weighted by Crippen LogP contribution is 2.23. The van der Waals surface area contributed by atoms with Crippen LogP contribution in [0.3, 0.4) is 0 Å². The van der Waals surface area contributed by atoms with Gasteiger partial charge < -0.3 is 0 Å². The summed E-state index contributed by atoms with van der Waals surface area (Å²) in [5, 5.41) is 0. The Bertz CT molecular complexity index is 95.1. The van der Waals surface area contributed by atoms with Gasteiger partial charge in [-0.15, -0.1) is 0 Å². The van der Waals surface area contributed by atoms with Crippen LogP contribution in [0.5, 0.6) is 0 Å². The standard InChI is InChI=1S/C7H11BrS/c8-4-1-7-2-5-9-6-3-7/h1,4,7H,2-3,5-6H2/b4-1+. The highest BCUT2D eigenvalue weighted by atomic mass is 79.9. The van der Waals surface area contributed by atoms with Gasteiger partial charge >= 0.3 is 0 Å². The molecule has 52 valence electrons. The monoisotopic (exact) mass is 206 g/mol. The van der Waals surface area contributed by atoms with Gasteiger partial charge in [0.1, 0.15) is 0 Å². The van der Waals surface area contributed by atoms with Crippen molar-refractivity contribution in [3.63, 3.8) is 0 Å². The lowest BCUT2D eigenvalue weighted by molar-refractivity contribution is 0.603. The van der Waals surface area contributed by atoms with Crippen LogP contribution in [0.2, 0.25) is 0 Å². The summed E-state index contributed by atoms with van der Waals surface area (Å²) in [6, 6.07) is 0. The molecule has 0 radical (unpaired) electrons. The largest absolute Gasteiger partial charge is 0.162 e. The lowest BCUT2D eigenvalue weighted by Gasteiger charge is -2.16. The van der Waals surface area contributed by atoms with E-state index in [1.54, 1.807) is 0 Å². The van der Waals surface area contributed by atoms with Crippen molar-refractivity contribution in [1.82, 2.24) is 0 Å². The molecule has 0 unspecified atom stereocenters. The van der Waals surface area contributed by atoms with Gasteiger partial charge in [-0.1, -0.05) is 22.0 Å². The Labute approximate surface area is 69.2 Å². The zero-order valence-electron chi connectivity index (χ0n) is 5.35.